The minimum Gasteiger partial charge on any atom is -0.365 e. The Bertz CT molecular complexity index is 624. The monoisotopic (exact) mass is 284 g/mol. The minimum atomic E-state index is -0.452. The van der Waals surface area contributed by atoms with E-state index in [1.54, 1.807) is 36.8 Å². The number of primary amides is 1. The molecular weight excluding hydrogens is 268 g/mol. The molecule has 0 atom stereocenters. The summed E-state index contributed by atoms with van der Waals surface area (Å²) < 4.78 is 0. The van der Waals surface area contributed by atoms with Crippen molar-refractivity contribution in [2.24, 2.45) is 5.73 Å². The summed E-state index contributed by atoms with van der Waals surface area (Å²) in [6.07, 6.45) is 5.14. The van der Waals surface area contributed by atoms with Gasteiger partial charge < -0.3 is 15.5 Å². The quantitative estimate of drug-likeness (QED) is 0.872. The zero-order chi connectivity index (χ0) is 14.7. The maximum Gasteiger partial charge on any atom is 0.252 e. The van der Waals surface area contributed by atoms with Crippen LogP contribution >= 0.6 is 0 Å². The van der Waals surface area contributed by atoms with E-state index < -0.39 is 5.91 Å². The largest absolute Gasteiger partial charge is 0.365 e. The third kappa shape index (κ3) is 2.76. The Morgan fingerprint density at radius 3 is 2.24 bits per heavy atom. The summed E-state index contributed by atoms with van der Waals surface area (Å²) in [7, 11) is 0. The highest BCUT2D eigenvalue weighted by Gasteiger charge is 2.22. The number of nitrogens with two attached hydrogens (primary N) is 1. The number of hydrogen-bond donors (Lipinski definition) is 1. The van der Waals surface area contributed by atoms with Crippen molar-refractivity contribution in [3.05, 3.63) is 42.4 Å². The minimum absolute atomic E-state index is 0.452. The Kier molecular flexibility index (Phi) is 3.63. The van der Waals surface area contributed by atoms with Gasteiger partial charge in [-0.25, -0.2) is 15.0 Å². The smallest absolute Gasteiger partial charge is 0.252 e. The second kappa shape index (κ2) is 5.74. The fourth-order valence-electron chi connectivity index (χ4n) is 2.41. The molecule has 0 aliphatic carbocycles. The lowest BCUT2D eigenvalue weighted by atomic mass is 10.2. The van der Waals surface area contributed by atoms with Crippen LogP contribution in [0.15, 0.2) is 36.8 Å². The third-order valence-corrected chi connectivity index (χ3v) is 3.47. The van der Waals surface area contributed by atoms with Crippen LogP contribution in [0.25, 0.3) is 0 Å². The van der Waals surface area contributed by atoms with E-state index in [0.29, 0.717) is 11.4 Å². The van der Waals surface area contributed by atoms with Crippen molar-refractivity contribution in [2.45, 2.75) is 0 Å². The summed E-state index contributed by atoms with van der Waals surface area (Å²) >= 11 is 0. The number of hydrogen-bond acceptors (Lipinski definition) is 6. The number of rotatable bonds is 3. The first kappa shape index (κ1) is 13.3. The average Bonchev–Trinajstić information content (AvgIpc) is 2.56. The summed E-state index contributed by atoms with van der Waals surface area (Å²) in [6, 6.07) is 5.22. The van der Waals surface area contributed by atoms with Crippen molar-refractivity contribution >= 4 is 17.7 Å². The first-order valence-electron chi connectivity index (χ1n) is 6.77. The van der Waals surface area contributed by atoms with E-state index in [1.165, 1.54) is 0 Å². The molecule has 2 aromatic rings. The Balaban J connectivity index is 1.73. The fraction of sp³-hybridized carbons (Fsp3) is 0.286. The molecule has 0 unspecified atom stereocenters. The van der Waals surface area contributed by atoms with Crippen LogP contribution in [0.3, 0.4) is 0 Å². The molecule has 1 aliphatic heterocycles. The van der Waals surface area contributed by atoms with Gasteiger partial charge >= 0.3 is 0 Å². The van der Waals surface area contributed by atoms with Crippen LogP contribution in [-0.2, 0) is 0 Å². The van der Waals surface area contributed by atoms with Crippen molar-refractivity contribution in [3.63, 3.8) is 0 Å². The molecule has 1 fully saturated rings. The summed E-state index contributed by atoms with van der Waals surface area (Å²) in [5, 5.41) is 0. The topological polar surface area (TPSA) is 88.2 Å². The third-order valence-electron chi connectivity index (χ3n) is 3.47. The molecule has 3 rings (SSSR count). The summed E-state index contributed by atoms with van der Waals surface area (Å²) in [5.41, 5.74) is 5.86. The summed E-state index contributed by atoms with van der Waals surface area (Å²) in [6.45, 7) is 3.04. The van der Waals surface area contributed by atoms with Crippen molar-refractivity contribution < 1.29 is 4.79 Å². The second-order valence-corrected chi connectivity index (χ2v) is 4.76. The zero-order valence-corrected chi connectivity index (χ0v) is 11.5. The number of piperazine rings is 1. The van der Waals surface area contributed by atoms with Crippen molar-refractivity contribution in [3.8, 4) is 0 Å². The molecule has 21 heavy (non-hydrogen) atoms. The van der Waals surface area contributed by atoms with Gasteiger partial charge in [0, 0.05) is 44.8 Å². The highest BCUT2D eigenvalue weighted by atomic mass is 16.1. The van der Waals surface area contributed by atoms with Crippen LogP contribution in [0.5, 0.6) is 0 Å². The van der Waals surface area contributed by atoms with E-state index in [-0.39, 0.29) is 0 Å². The molecule has 0 bridgehead atoms. The van der Waals surface area contributed by atoms with Crippen LogP contribution in [0.4, 0.5) is 11.8 Å². The number of carbonyl (C=O) groups excluding carboxylic acids is 1. The van der Waals surface area contributed by atoms with Crippen LogP contribution in [0, 0.1) is 0 Å². The highest BCUT2D eigenvalue weighted by Crippen LogP contribution is 2.19. The van der Waals surface area contributed by atoms with E-state index in [0.717, 1.165) is 32.1 Å². The molecular formula is C14H16N6O. The van der Waals surface area contributed by atoms with Gasteiger partial charge in [0.25, 0.3) is 5.91 Å². The predicted octanol–water partition coefficient (Wildman–Crippen LogP) is 0.297. The Labute approximate surface area is 122 Å². The zero-order valence-electron chi connectivity index (χ0n) is 11.5. The number of amides is 1. The molecule has 7 nitrogen and oxygen atoms in total. The van der Waals surface area contributed by atoms with Gasteiger partial charge in [-0.1, -0.05) is 0 Å². The number of nitrogens with zero attached hydrogens (tertiary/aromatic N) is 5. The standard InChI is InChI=1S/C14H16N6O/c15-12(21)11-3-1-4-16-13(11)19-7-9-20(10-8-19)14-17-5-2-6-18-14/h1-6H,7-10H2,(H2,15,21). The molecule has 7 heteroatoms. The molecule has 0 aromatic carbocycles. The average molecular weight is 284 g/mol. The van der Waals surface area contributed by atoms with Crippen LogP contribution in [0.1, 0.15) is 10.4 Å². The first-order chi connectivity index (χ1) is 10.3. The van der Waals surface area contributed by atoms with Crippen LogP contribution in [0.2, 0.25) is 0 Å². The highest BCUT2D eigenvalue weighted by molar-refractivity contribution is 5.97. The second-order valence-electron chi connectivity index (χ2n) is 4.76. The first-order valence-corrected chi connectivity index (χ1v) is 6.77. The maximum atomic E-state index is 11.5. The fourth-order valence-corrected chi connectivity index (χ4v) is 2.41. The lowest BCUT2D eigenvalue weighted by molar-refractivity contribution is 0.100. The molecule has 3 heterocycles. The number of pyridine rings is 1. The normalized spacial score (nSPS) is 15.0. The number of aromatic nitrogens is 3. The van der Waals surface area contributed by atoms with Crippen molar-refractivity contribution in [1.29, 1.82) is 0 Å². The molecule has 0 spiro atoms. The van der Waals surface area contributed by atoms with E-state index >= 15 is 0 Å². The maximum absolute atomic E-state index is 11.5. The van der Waals surface area contributed by atoms with Gasteiger partial charge in [0.15, 0.2) is 0 Å². The SMILES string of the molecule is NC(=O)c1cccnc1N1CCN(c2ncccn2)CC1. The van der Waals surface area contributed by atoms with Crippen LogP contribution < -0.4 is 15.5 Å². The molecule has 108 valence electrons. The molecule has 2 aromatic heterocycles. The van der Waals surface area contributed by atoms with Gasteiger partial charge in [-0.15, -0.1) is 0 Å². The van der Waals surface area contributed by atoms with Crippen molar-refractivity contribution in [1.82, 2.24) is 15.0 Å². The van der Waals surface area contributed by atoms with Gasteiger partial charge in [0.05, 0.1) is 5.56 Å². The van der Waals surface area contributed by atoms with E-state index in [9.17, 15) is 4.79 Å². The predicted molar refractivity (Wildman–Crippen MR) is 79.2 cm³/mol. The summed E-state index contributed by atoms with van der Waals surface area (Å²) in [5.74, 6) is 0.929. The van der Waals surface area contributed by atoms with E-state index in [1.807, 2.05) is 0 Å². The van der Waals surface area contributed by atoms with Gasteiger partial charge in [-0.2, -0.15) is 0 Å². The molecule has 1 saturated heterocycles. The van der Waals surface area contributed by atoms with Crippen LogP contribution in [-0.4, -0.2) is 47.0 Å². The Hall–Kier alpha value is -2.70. The number of carbonyl (C=O) groups is 1. The Morgan fingerprint density at radius 2 is 1.57 bits per heavy atom. The molecule has 0 saturated carbocycles. The molecule has 0 radical (unpaired) electrons. The Morgan fingerprint density at radius 1 is 0.952 bits per heavy atom. The van der Waals surface area contributed by atoms with Crippen molar-refractivity contribution in [2.75, 3.05) is 36.0 Å². The lowest BCUT2D eigenvalue weighted by Gasteiger charge is -2.35. The van der Waals surface area contributed by atoms with Gasteiger partial charge in [0.2, 0.25) is 5.95 Å². The van der Waals surface area contributed by atoms with E-state index in [4.69, 9.17) is 5.73 Å². The number of anilines is 2. The van der Waals surface area contributed by atoms with E-state index in [2.05, 4.69) is 24.8 Å². The van der Waals surface area contributed by atoms with Gasteiger partial charge in [-0.05, 0) is 18.2 Å². The molecule has 1 aliphatic rings. The van der Waals surface area contributed by atoms with Gasteiger partial charge in [0.1, 0.15) is 5.82 Å². The lowest BCUT2D eigenvalue weighted by Crippen LogP contribution is -2.48. The van der Waals surface area contributed by atoms with Gasteiger partial charge in [-0.3, -0.25) is 4.79 Å². The molecule has 2 N–H and O–H groups in total. The molecule has 1 amide bonds. The summed E-state index contributed by atoms with van der Waals surface area (Å²) in [4.78, 5) is 28.5.